The number of halogens is 1. The molecule has 0 fully saturated rings. The van der Waals surface area contributed by atoms with Crippen LogP contribution in [0.25, 0.3) is 0 Å². The fourth-order valence-corrected chi connectivity index (χ4v) is 0.908. The maximum absolute atomic E-state index is 12.8. The minimum atomic E-state index is -0.164. The lowest BCUT2D eigenvalue weighted by atomic mass is 10.1. The molecule has 1 aromatic rings. The Balaban J connectivity index is 2.71. The molecule has 1 rings (SSSR count). The first kappa shape index (κ1) is 7.81. The van der Waals surface area contributed by atoms with E-state index in [2.05, 4.69) is 5.92 Å². The molecule has 0 bridgehead atoms. The first-order valence-electron chi connectivity index (χ1n) is 3.51. The quantitative estimate of drug-likeness (QED) is 0.565. The standard InChI is InChI=1S/C10H9F/c1-2-3-6-9-7-4-5-8-10(9)11/h1,4-5,7-8H,3,6H2. The smallest absolute Gasteiger partial charge is 0.126 e. The van der Waals surface area contributed by atoms with Gasteiger partial charge in [0.2, 0.25) is 0 Å². The molecule has 0 spiro atoms. The third-order valence-corrected chi connectivity index (χ3v) is 1.50. The topological polar surface area (TPSA) is 0 Å². The summed E-state index contributed by atoms with van der Waals surface area (Å²) in [6, 6.07) is 6.70. The highest BCUT2D eigenvalue weighted by Crippen LogP contribution is 2.07. The predicted molar refractivity (Wildman–Crippen MR) is 43.6 cm³/mol. The van der Waals surface area contributed by atoms with Crippen LogP contribution in [0.1, 0.15) is 12.0 Å². The number of terminal acetylenes is 1. The maximum atomic E-state index is 12.8. The minimum Gasteiger partial charge on any atom is -0.207 e. The van der Waals surface area contributed by atoms with Crippen LogP contribution in [-0.2, 0) is 6.42 Å². The highest BCUT2D eigenvalue weighted by molar-refractivity contribution is 5.18. The van der Waals surface area contributed by atoms with E-state index in [0.717, 1.165) is 0 Å². The van der Waals surface area contributed by atoms with E-state index in [-0.39, 0.29) is 5.82 Å². The Morgan fingerprint density at radius 1 is 1.36 bits per heavy atom. The van der Waals surface area contributed by atoms with Gasteiger partial charge in [0.05, 0.1) is 0 Å². The largest absolute Gasteiger partial charge is 0.207 e. The maximum Gasteiger partial charge on any atom is 0.126 e. The summed E-state index contributed by atoms with van der Waals surface area (Å²) in [5.41, 5.74) is 0.699. The Kier molecular flexibility index (Phi) is 2.68. The van der Waals surface area contributed by atoms with Crippen LogP contribution in [0.2, 0.25) is 0 Å². The highest BCUT2D eigenvalue weighted by Gasteiger charge is 1.97. The van der Waals surface area contributed by atoms with Gasteiger partial charge in [-0.25, -0.2) is 4.39 Å². The van der Waals surface area contributed by atoms with Crippen molar-refractivity contribution in [3.8, 4) is 12.3 Å². The van der Waals surface area contributed by atoms with Crippen LogP contribution in [0.5, 0.6) is 0 Å². The number of aryl methyl sites for hydroxylation is 1. The van der Waals surface area contributed by atoms with Crippen molar-refractivity contribution < 1.29 is 4.39 Å². The lowest BCUT2D eigenvalue weighted by Gasteiger charge is -1.97. The molecular formula is C10H9F. The molecule has 0 N–H and O–H groups in total. The molecule has 0 aliphatic heterocycles. The molecule has 56 valence electrons. The molecule has 0 aliphatic carbocycles. The lowest BCUT2D eigenvalue weighted by molar-refractivity contribution is 0.610. The normalized spacial score (nSPS) is 9.09. The van der Waals surface area contributed by atoms with E-state index in [1.54, 1.807) is 12.1 Å². The fourth-order valence-electron chi connectivity index (χ4n) is 0.908. The van der Waals surface area contributed by atoms with Crippen molar-refractivity contribution in [3.63, 3.8) is 0 Å². The summed E-state index contributed by atoms with van der Waals surface area (Å²) < 4.78 is 12.8. The van der Waals surface area contributed by atoms with Crippen molar-refractivity contribution in [1.29, 1.82) is 0 Å². The molecule has 0 nitrogen and oxygen atoms in total. The third-order valence-electron chi connectivity index (χ3n) is 1.50. The van der Waals surface area contributed by atoms with Crippen LogP contribution in [0.3, 0.4) is 0 Å². The van der Waals surface area contributed by atoms with Gasteiger partial charge in [-0.1, -0.05) is 18.2 Å². The summed E-state index contributed by atoms with van der Waals surface area (Å²) >= 11 is 0. The average Bonchev–Trinajstić information content (AvgIpc) is 2.03. The van der Waals surface area contributed by atoms with E-state index in [1.807, 2.05) is 6.07 Å². The zero-order valence-corrected chi connectivity index (χ0v) is 6.18. The molecule has 0 saturated heterocycles. The molecule has 0 aliphatic rings. The summed E-state index contributed by atoms with van der Waals surface area (Å²) in [4.78, 5) is 0. The van der Waals surface area contributed by atoms with Crippen molar-refractivity contribution in [1.82, 2.24) is 0 Å². The summed E-state index contributed by atoms with van der Waals surface area (Å²) in [6.45, 7) is 0. The molecule has 1 heteroatoms. The number of benzene rings is 1. The summed E-state index contributed by atoms with van der Waals surface area (Å²) in [6.07, 6.45) is 6.28. The van der Waals surface area contributed by atoms with Gasteiger partial charge in [-0.05, 0) is 18.1 Å². The van der Waals surface area contributed by atoms with Gasteiger partial charge < -0.3 is 0 Å². The summed E-state index contributed by atoms with van der Waals surface area (Å²) in [5, 5.41) is 0. The van der Waals surface area contributed by atoms with Gasteiger partial charge in [-0.15, -0.1) is 12.3 Å². The van der Waals surface area contributed by atoms with Crippen molar-refractivity contribution in [2.45, 2.75) is 12.8 Å². The van der Waals surface area contributed by atoms with E-state index in [0.29, 0.717) is 18.4 Å². The molecule has 0 unspecified atom stereocenters. The molecular weight excluding hydrogens is 139 g/mol. The number of hydrogen-bond acceptors (Lipinski definition) is 0. The average molecular weight is 148 g/mol. The van der Waals surface area contributed by atoms with Gasteiger partial charge in [0.1, 0.15) is 5.82 Å². The van der Waals surface area contributed by atoms with Gasteiger partial charge in [0.25, 0.3) is 0 Å². The number of rotatable bonds is 2. The lowest BCUT2D eigenvalue weighted by Crippen LogP contribution is -1.87. The van der Waals surface area contributed by atoms with Crippen LogP contribution in [0.4, 0.5) is 4.39 Å². The first-order chi connectivity index (χ1) is 5.34. The fraction of sp³-hybridized carbons (Fsp3) is 0.200. The van der Waals surface area contributed by atoms with Crippen LogP contribution in [0.15, 0.2) is 24.3 Å². The molecule has 0 radical (unpaired) electrons. The third kappa shape index (κ3) is 2.09. The Labute approximate surface area is 66.1 Å². The van der Waals surface area contributed by atoms with E-state index >= 15 is 0 Å². The zero-order chi connectivity index (χ0) is 8.10. The molecule has 0 aromatic heterocycles. The molecule has 0 heterocycles. The second-order valence-electron chi connectivity index (χ2n) is 2.30. The zero-order valence-electron chi connectivity index (χ0n) is 6.18. The van der Waals surface area contributed by atoms with E-state index < -0.39 is 0 Å². The van der Waals surface area contributed by atoms with Crippen LogP contribution in [-0.4, -0.2) is 0 Å². The highest BCUT2D eigenvalue weighted by atomic mass is 19.1. The van der Waals surface area contributed by atoms with Crippen molar-refractivity contribution in [3.05, 3.63) is 35.6 Å². The Morgan fingerprint density at radius 3 is 2.73 bits per heavy atom. The Hall–Kier alpha value is -1.29. The summed E-state index contributed by atoms with van der Waals surface area (Å²) in [7, 11) is 0. The Morgan fingerprint density at radius 2 is 2.09 bits per heavy atom. The second kappa shape index (κ2) is 3.78. The van der Waals surface area contributed by atoms with Crippen molar-refractivity contribution in [2.75, 3.05) is 0 Å². The van der Waals surface area contributed by atoms with Gasteiger partial charge in [-0.2, -0.15) is 0 Å². The minimum absolute atomic E-state index is 0.164. The molecule has 0 atom stereocenters. The van der Waals surface area contributed by atoms with E-state index in [1.165, 1.54) is 6.07 Å². The van der Waals surface area contributed by atoms with Crippen LogP contribution >= 0.6 is 0 Å². The van der Waals surface area contributed by atoms with E-state index in [9.17, 15) is 4.39 Å². The SMILES string of the molecule is C#CCCc1ccccc1F. The van der Waals surface area contributed by atoms with Crippen LogP contribution < -0.4 is 0 Å². The van der Waals surface area contributed by atoms with Gasteiger partial charge in [0.15, 0.2) is 0 Å². The van der Waals surface area contributed by atoms with Crippen molar-refractivity contribution >= 4 is 0 Å². The molecule has 0 amide bonds. The van der Waals surface area contributed by atoms with Gasteiger partial charge in [-0.3, -0.25) is 0 Å². The predicted octanol–water partition coefficient (Wildman–Crippen LogP) is 2.39. The van der Waals surface area contributed by atoms with Crippen molar-refractivity contribution in [2.24, 2.45) is 0 Å². The first-order valence-corrected chi connectivity index (χ1v) is 3.51. The monoisotopic (exact) mass is 148 g/mol. The van der Waals surface area contributed by atoms with E-state index in [4.69, 9.17) is 6.42 Å². The van der Waals surface area contributed by atoms with Gasteiger partial charge >= 0.3 is 0 Å². The molecule has 0 saturated carbocycles. The Bertz CT molecular complexity index is 270. The molecule has 11 heavy (non-hydrogen) atoms. The molecule has 1 aromatic carbocycles. The summed E-state index contributed by atoms with van der Waals surface area (Å²) in [5.74, 6) is 2.31. The second-order valence-corrected chi connectivity index (χ2v) is 2.30. The number of hydrogen-bond donors (Lipinski definition) is 0. The van der Waals surface area contributed by atoms with Gasteiger partial charge in [0, 0.05) is 6.42 Å². The van der Waals surface area contributed by atoms with Crippen LogP contribution in [0, 0.1) is 18.2 Å².